The van der Waals surface area contributed by atoms with Gasteiger partial charge < -0.3 is 19.9 Å². The summed E-state index contributed by atoms with van der Waals surface area (Å²) in [4.78, 5) is 13.0. The second-order valence-corrected chi connectivity index (χ2v) is 12.4. The first-order valence-electron chi connectivity index (χ1n) is 14.0. The number of fused-ring (bicyclic) bond motifs is 1. The van der Waals surface area contributed by atoms with E-state index in [4.69, 9.17) is 4.99 Å². The summed E-state index contributed by atoms with van der Waals surface area (Å²) in [7, 11) is -3.68. The van der Waals surface area contributed by atoms with Crippen molar-refractivity contribution in [3.63, 3.8) is 0 Å². The first kappa shape index (κ1) is 26.6. The summed E-state index contributed by atoms with van der Waals surface area (Å²) < 4.78 is 28.8. The molecular formula is C31H35N5O3S. The molecule has 6 rings (SSSR count). The Morgan fingerprint density at radius 1 is 1.00 bits per heavy atom. The molecule has 1 aliphatic carbocycles. The molecule has 2 heterocycles. The zero-order valence-corrected chi connectivity index (χ0v) is 23.5. The molecule has 0 atom stereocenters. The second kappa shape index (κ2) is 11.1. The molecule has 3 aromatic carbocycles. The van der Waals surface area contributed by atoms with Crippen molar-refractivity contribution in [2.75, 3.05) is 44.2 Å². The van der Waals surface area contributed by atoms with Gasteiger partial charge in [-0.1, -0.05) is 37.3 Å². The minimum atomic E-state index is -3.68. The lowest BCUT2D eigenvalue weighted by Gasteiger charge is -2.35. The molecular weight excluding hydrogens is 522 g/mol. The smallest absolute Gasteiger partial charge is 0.240 e. The normalized spacial score (nSPS) is 17.0. The first-order valence-corrected chi connectivity index (χ1v) is 15.5. The van der Waals surface area contributed by atoms with Gasteiger partial charge in [-0.25, -0.2) is 18.1 Å². The third-order valence-electron chi connectivity index (χ3n) is 7.88. The zero-order valence-electron chi connectivity index (χ0n) is 22.7. The molecule has 0 amide bonds. The summed E-state index contributed by atoms with van der Waals surface area (Å²) in [5.41, 5.74) is 4.41. The summed E-state index contributed by atoms with van der Waals surface area (Å²) in [5, 5.41) is 11.7. The highest BCUT2D eigenvalue weighted by Gasteiger charge is 2.26. The van der Waals surface area contributed by atoms with E-state index in [2.05, 4.69) is 38.6 Å². The number of hydrogen-bond acceptors (Lipinski definition) is 6. The topological polar surface area (TPSA) is 101 Å². The molecule has 0 spiro atoms. The van der Waals surface area contributed by atoms with Gasteiger partial charge in [0.25, 0.3) is 0 Å². The molecule has 0 radical (unpaired) electrons. The maximum absolute atomic E-state index is 13.0. The van der Waals surface area contributed by atoms with E-state index in [0.29, 0.717) is 34.6 Å². The fraction of sp³-hybridized carbons (Fsp3) is 0.323. The van der Waals surface area contributed by atoms with Crippen LogP contribution in [0.15, 0.2) is 82.7 Å². The molecule has 40 heavy (non-hydrogen) atoms. The Balaban J connectivity index is 1.37. The number of aliphatic imine (C=N–C) groups is 1. The average molecular weight is 558 g/mol. The van der Waals surface area contributed by atoms with Crippen molar-refractivity contribution in [3.8, 4) is 5.88 Å². The number of aromatic nitrogens is 1. The van der Waals surface area contributed by atoms with Gasteiger partial charge in [0.05, 0.1) is 21.9 Å². The Bertz CT molecular complexity index is 1620. The van der Waals surface area contributed by atoms with Gasteiger partial charge in [-0.05, 0) is 67.8 Å². The van der Waals surface area contributed by atoms with Crippen molar-refractivity contribution in [2.45, 2.75) is 24.7 Å². The summed E-state index contributed by atoms with van der Waals surface area (Å²) in [6, 6.07) is 22.7. The minimum Gasteiger partial charge on any atom is -0.494 e. The van der Waals surface area contributed by atoms with Crippen LogP contribution in [0.25, 0.3) is 10.9 Å². The second-order valence-electron chi connectivity index (χ2n) is 10.6. The molecule has 208 valence electrons. The van der Waals surface area contributed by atoms with Crippen molar-refractivity contribution < 1.29 is 13.5 Å². The van der Waals surface area contributed by atoms with E-state index < -0.39 is 10.0 Å². The number of anilines is 1. The lowest BCUT2D eigenvalue weighted by atomic mass is 10.0. The Morgan fingerprint density at radius 2 is 1.73 bits per heavy atom. The third kappa shape index (κ3) is 5.63. The van der Waals surface area contributed by atoms with Crippen LogP contribution in [0, 0.1) is 5.92 Å². The number of benzene rings is 3. The van der Waals surface area contributed by atoms with Crippen LogP contribution >= 0.6 is 0 Å². The number of hydrogen-bond donors (Lipinski definition) is 3. The Morgan fingerprint density at radius 3 is 2.40 bits per heavy atom. The van der Waals surface area contributed by atoms with Gasteiger partial charge in [-0.3, -0.25) is 0 Å². The van der Waals surface area contributed by atoms with E-state index in [0.717, 1.165) is 56.8 Å². The Labute approximate surface area is 235 Å². The predicted octanol–water partition coefficient (Wildman–Crippen LogP) is 4.87. The van der Waals surface area contributed by atoms with Gasteiger partial charge in [-0.2, -0.15) is 0 Å². The maximum Gasteiger partial charge on any atom is 0.240 e. The van der Waals surface area contributed by atoms with E-state index in [1.54, 1.807) is 18.2 Å². The van der Waals surface area contributed by atoms with Crippen LogP contribution in [0.1, 0.15) is 30.9 Å². The lowest BCUT2D eigenvalue weighted by molar-refractivity contribution is 0.271. The highest BCUT2D eigenvalue weighted by Crippen LogP contribution is 2.34. The van der Waals surface area contributed by atoms with Crippen LogP contribution in [-0.2, 0) is 10.0 Å². The molecule has 2 aliphatic rings. The number of nitrogens with zero attached hydrogens (tertiary/aromatic N) is 3. The van der Waals surface area contributed by atoms with Crippen LogP contribution in [0.4, 0.5) is 11.4 Å². The highest BCUT2D eigenvalue weighted by atomic mass is 32.2. The summed E-state index contributed by atoms with van der Waals surface area (Å²) in [6.45, 7) is 7.83. The Kier molecular flexibility index (Phi) is 7.35. The fourth-order valence-electron chi connectivity index (χ4n) is 5.25. The average Bonchev–Trinajstić information content (AvgIpc) is 3.76. The number of piperazine rings is 1. The van der Waals surface area contributed by atoms with Crippen molar-refractivity contribution in [1.29, 1.82) is 0 Å². The van der Waals surface area contributed by atoms with Crippen LogP contribution in [0.3, 0.4) is 0 Å². The van der Waals surface area contributed by atoms with Crippen molar-refractivity contribution in [1.82, 2.24) is 14.6 Å². The summed E-state index contributed by atoms with van der Waals surface area (Å²) >= 11 is 0. The number of aromatic hydroxyl groups is 1. The van der Waals surface area contributed by atoms with Gasteiger partial charge in [0.2, 0.25) is 10.0 Å². The molecule has 3 N–H and O–H groups in total. The van der Waals surface area contributed by atoms with Gasteiger partial charge in [0.1, 0.15) is 0 Å². The molecule has 1 saturated heterocycles. The number of likely N-dealkylation sites (N-methyl/N-ethyl adjacent to an activating group) is 1. The molecule has 4 aromatic rings. The molecule has 9 heteroatoms. The van der Waals surface area contributed by atoms with Crippen molar-refractivity contribution in [3.05, 3.63) is 83.9 Å². The number of nitrogens with one attached hydrogen (secondary N) is 2. The molecule has 1 saturated carbocycles. The number of rotatable bonds is 9. The monoisotopic (exact) mass is 557 g/mol. The standard InChI is InChI=1S/C31H35N5O3S/c1-2-35-16-18-36(19-17-35)25-12-10-24(11-13-25)33-30(23-6-4-3-5-7-23)29-27-20-26(14-15-28(27)34-31(29)37)40(38,39)32-21-22-8-9-22/h3-7,10-15,20,22,32,34,37H,2,8-9,16-19,21H2,1H3. The van der Waals surface area contributed by atoms with Gasteiger partial charge in [0, 0.05) is 54.9 Å². The summed E-state index contributed by atoms with van der Waals surface area (Å²) in [5.74, 6) is 0.373. The van der Waals surface area contributed by atoms with Crippen LogP contribution in [0.2, 0.25) is 0 Å². The van der Waals surface area contributed by atoms with Gasteiger partial charge in [-0.15, -0.1) is 0 Å². The number of sulfonamides is 1. The van der Waals surface area contributed by atoms with E-state index >= 15 is 0 Å². The number of H-pyrrole nitrogens is 1. The van der Waals surface area contributed by atoms with Crippen molar-refractivity contribution in [2.24, 2.45) is 10.9 Å². The molecule has 1 aliphatic heterocycles. The minimum absolute atomic E-state index is 0.0523. The van der Waals surface area contributed by atoms with Gasteiger partial charge >= 0.3 is 0 Å². The molecule has 8 nitrogen and oxygen atoms in total. The van der Waals surface area contributed by atoms with Crippen LogP contribution in [-0.4, -0.2) is 68.4 Å². The van der Waals surface area contributed by atoms with Gasteiger partial charge in [0.15, 0.2) is 5.88 Å². The highest BCUT2D eigenvalue weighted by molar-refractivity contribution is 7.89. The Hall–Kier alpha value is -3.66. The van der Waals surface area contributed by atoms with E-state index in [1.807, 2.05) is 42.5 Å². The number of aromatic amines is 1. The molecule has 0 bridgehead atoms. The van der Waals surface area contributed by atoms with Crippen LogP contribution < -0.4 is 9.62 Å². The SMILES string of the molecule is CCN1CCN(c2ccc(N=C(c3ccccc3)c3c(O)[nH]c4ccc(S(=O)(=O)NCC5CC5)cc34)cc2)CC1. The fourth-order valence-corrected chi connectivity index (χ4v) is 6.39. The predicted molar refractivity (Wildman–Crippen MR) is 160 cm³/mol. The summed E-state index contributed by atoms with van der Waals surface area (Å²) in [6.07, 6.45) is 2.12. The van der Waals surface area contributed by atoms with Crippen molar-refractivity contribution >= 4 is 38.0 Å². The maximum atomic E-state index is 13.0. The molecule has 0 unspecified atom stereocenters. The largest absolute Gasteiger partial charge is 0.494 e. The molecule has 1 aromatic heterocycles. The van der Waals surface area contributed by atoms with Crippen LogP contribution in [0.5, 0.6) is 5.88 Å². The van der Waals surface area contributed by atoms with E-state index in [-0.39, 0.29) is 10.8 Å². The zero-order chi connectivity index (χ0) is 27.7. The van der Waals surface area contributed by atoms with E-state index in [1.165, 1.54) is 5.69 Å². The third-order valence-corrected chi connectivity index (χ3v) is 9.30. The quantitative estimate of drug-likeness (QED) is 0.255. The van der Waals surface area contributed by atoms with E-state index in [9.17, 15) is 13.5 Å². The lowest BCUT2D eigenvalue weighted by Crippen LogP contribution is -2.46. The first-order chi connectivity index (χ1) is 19.4. The molecule has 2 fully saturated rings.